The van der Waals surface area contributed by atoms with Crippen molar-refractivity contribution in [1.29, 1.82) is 0 Å². The van der Waals surface area contributed by atoms with E-state index >= 15 is 0 Å². The van der Waals surface area contributed by atoms with E-state index in [1.54, 1.807) is 18.2 Å². The first kappa shape index (κ1) is 13.4. The van der Waals surface area contributed by atoms with E-state index in [1.165, 1.54) is 0 Å². The zero-order chi connectivity index (χ0) is 14.1. The first-order valence-electron chi connectivity index (χ1n) is 6.26. The second-order valence-corrected chi connectivity index (χ2v) is 5.58. The summed E-state index contributed by atoms with van der Waals surface area (Å²) in [7, 11) is 0. The number of hydrogen-bond acceptors (Lipinski definition) is 1. The van der Waals surface area contributed by atoms with Crippen molar-refractivity contribution in [3.63, 3.8) is 0 Å². The van der Waals surface area contributed by atoms with E-state index < -0.39 is 6.10 Å². The molecular formula is C17H12Cl2O. The third kappa shape index (κ3) is 2.66. The normalized spacial score (nSPS) is 12.6. The predicted molar refractivity (Wildman–Crippen MR) is 84.5 cm³/mol. The van der Waals surface area contributed by atoms with Crippen LogP contribution in [0.4, 0.5) is 0 Å². The lowest BCUT2D eigenvalue weighted by Gasteiger charge is -2.13. The predicted octanol–water partition coefficient (Wildman–Crippen LogP) is 5.23. The summed E-state index contributed by atoms with van der Waals surface area (Å²) in [6.07, 6.45) is -0.740. The number of halogens is 2. The Morgan fingerprint density at radius 2 is 1.35 bits per heavy atom. The highest BCUT2D eigenvalue weighted by Crippen LogP contribution is 2.29. The Morgan fingerprint density at radius 3 is 2.05 bits per heavy atom. The molecule has 1 nitrogen and oxygen atoms in total. The Morgan fingerprint density at radius 1 is 0.700 bits per heavy atom. The number of aliphatic hydroxyl groups excluding tert-OH is 1. The molecule has 0 aromatic heterocycles. The first-order valence-corrected chi connectivity index (χ1v) is 7.02. The van der Waals surface area contributed by atoms with Crippen molar-refractivity contribution in [2.45, 2.75) is 6.10 Å². The molecule has 3 aromatic rings. The van der Waals surface area contributed by atoms with Crippen molar-refractivity contribution < 1.29 is 5.11 Å². The molecule has 0 heterocycles. The van der Waals surface area contributed by atoms with Crippen LogP contribution in [-0.4, -0.2) is 5.11 Å². The summed E-state index contributed by atoms with van der Waals surface area (Å²) in [5.41, 5.74) is 1.51. The fourth-order valence-electron chi connectivity index (χ4n) is 2.30. The molecule has 0 fully saturated rings. The van der Waals surface area contributed by atoms with Crippen LogP contribution in [0.2, 0.25) is 10.0 Å². The molecule has 1 unspecified atom stereocenters. The molecule has 0 radical (unpaired) electrons. The van der Waals surface area contributed by atoms with Gasteiger partial charge in [-0.25, -0.2) is 0 Å². The van der Waals surface area contributed by atoms with E-state index in [-0.39, 0.29) is 0 Å². The molecule has 0 amide bonds. The quantitative estimate of drug-likeness (QED) is 0.687. The molecule has 0 bridgehead atoms. The minimum Gasteiger partial charge on any atom is -0.384 e. The van der Waals surface area contributed by atoms with Gasteiger partial charge in [0.05, 0.1) is 0 Å². The molecule has 0 spiro atoms. The van der Waals surface area contributed by atoms with Gasteiger partial charge in [-0.05, 0) is 46.2 Å². The van der Waals surface area contributed by atoms with E-state index in [4.69, 9.17) is 23.2 Å². The Hall–Kier alpha value is -1.54. The molecule has 1 atom stereocenters. The lowest BCUT2D eigenvalue weighted by molar-refractivity contribution is 0.220. The van der Waals surface area contributed by atoms with Gasteiger partial charge in [0.2, 0.25) is 0 Å². The van der Waals surface area contributed by atoms with Crippen LogP contribution < -0.4 is 0 Å². The summed E-state index contributed by atoms with van der Waals surface area (Å²) in [4.78, 5) is 0. The zero-order valence-corrected chi connectivity index (χ0v) is 12.1. The molecule has 0 aliphatic heterocycles. The summed E-state index contributed by atoms with van der Waals surface area (Å²) < 4.78 is 0. The molecule has 3 heteroatoms. The van der Waals surface area contributed by atoms with Gasteiger partial charge < -0.3 is 5.11 Å². The monoisotopic (exact) mass is 302 g/mol. The SMILES string of the molecule is OC(c1cc(Cl)cc(Cl)c1)c1ccc2ccccc2c1. The van der Waals surface area contributed by atoms with E-state index in [2.05, 4.69) is 0 Å². The Balaban J connectivity index is 2.05. The van der Waals surface area contributed by atoms with Crippen LogP contribution >= 0.6 is 23.2 Å². The third-order valence-electron chi connectivity index (χ3n) is 3.29. The molecule has 3 rings (SSSR count). The summed E-state index contributed by atoms with van der Waals surface area (Å²) in [5.74, 6) is 0. The topological polar surface area (TPSA) is 20.2 Å². The van der Waals surface area contributed by atoms with Gasteiger partial charge in [0, 0.05) is 10.0 Å². The van der Waals surface area contributed by atoms with Crippen LogP contribution in [0.1, 0.15) is 17.2 Å². The maximum atomic E-state index is 10.5. The Bertz CT molecular complexity index is 748. The van der Waals surface area contributed by atoms with Gasteiger partial charge in [0.15, 0.2) is 0 Å². The van der Waals surface area contributed by atoms with Gasteiger partial charge in [-0.2, -0.15) is 0 Å². The highest BCUT2D eigenvalue weighted by Gasteiger charge is 2.12. The van der Waals surface area contributed by atoms with Crippen molar-refractivity contribution in [1.82, 2.24) is 0 Å². The van der Waals surface area contributed by atoms with Gasteiger partial charge in [-0.1, -0.05) is 59.6 Å². The van der Waals surface area contributed by atoms with Crippen molar-refractivity contribution in [2.75, 3.05) is 0 Å². The molecule has 0 saturated heterocycles. The van der Waals surface area contributed by atoms with Crippen LogP contribution in [0.25, 0.3) is 10.8 Å². The fourth-order valence-corrected chi connectivity index (χ4v) is 2.85. The molecular weight excluding hydrogens is 291 g/mol. The molecule has 20 heavy (non-hydrogen) atoms. The zero-order valence-electron chi connectivity index (χ0n) is 10.6. The van der Waals surface area contributed by atoms with Crippen molar-refractivity contribution in [2.24, 2.45) is 0 Å². The number of benzene rings is 3. The van der Waals surface area contributed by atoms with Crippen LogP contribution in [0.15, 0.2) is 60.7 Å². The molecule has 0 aliphatic rings. The van der Waals surface area contributed by atoms with Gasteiger partial charge in [0.1, 0.15) is 6.10 Å². The van der Waals surface area contributed by atoms with Gasteiger partial charge >= 0.3 is 0 Å². The Labute approximate surface area is 127 Å². The summed E-state index contributed by atoms with van der Waals surface area (Å²) >= 11 is 12.0. The summed E-state index contributed by atoms with van der Waals surface area (Å²) in [5, 5.41) is 13.8. The highest BCUT2D eigenvalue weighted by molar-refractivity contribution is 6.34. The average Bonchev–Trinajstić information content (AvgIpc) is 2.45. The first-order chi connectivity index (χ1) is 9.63. The van der Waals surface area contributed by atoms with Crippen LogP contribution in [0.3, 0.4) is 0 Å². The third-order valence-corrected chi connectivity index (χ3v) is 3.73. The molecule has 0 saturated carbocycles. The minimum atomic E-state index is -0.740. The van der Waals surface area contributed by atoms with Crippen molar-refractivity contribution >= 4 is 34.0 Å². The van der Waals surface area contributed by atoms with Crippen LogP contribution in [0.5, 0.6) is 0 Å². The van der Waals surface area contributed by atoms with Crippen molar-refractivity contribution in [3.05, 3.63) is 81.8 Å². The summed E-state index contributed by atoms with van der Waals surface area (Å²) in [6.45, 7) is 0. The van der Waals surface area contributed by atoms with E-state index in [0.29, 0.717) is 15.6 Å². The maximum absolute atomic E-state index is 10.5. The number of fused-ring (bicyclic) bond motifs is 1. The maximum Gasteiger partial charge on any atom is 0.104 e. The highest BCUT2D eigenvalue weighted by atomic mass is 35.5. The molecule has 1 N–H and O–H groups in total. The standard InChI is InChI=1S/C17H12Cl2O/c18-15-8-14(9-16(19)10-15)17(20)13-6-5-11-3-1-2-4-12(11)7-13/h1-10,17,20H. The minimum absolute atomic E-state index is 0.521. The summed E-state index contributed by atoms with van der Waals surface area (Å²) in [6, 6.07) is 19.1. The van der Waals surface area contributed by atoms with Crippen LogP contribution in [0, 0.1) is 0 Å². The average molecular weight is 303 g/mol. The number of rotatable bonds is 2. The second kappa shape index (κ2) is 5.45. The smallest absolute Gasteiger partial charge is 0.104 e. The fraction of sp³-hybridized carbons (Fsp3) is 0.0588. The number of hydrogen-bond donors (Lipinski definition) is 1. The number of aliphatic hydroxyl groups is 1. The van der Waals surface area contributed by atoms with E-state index in [1.807, 2.05) is 42.5 Å². The second-order valence-electron chi connectivity index (χ2n) is 4.71. The van der Waals surface area contributed by atoms with Gasteiger partial charge in [-0.15, -0.1) is 0 Å². The molecule has 100 valence electrons. The van der Waals surface area contributed by atoms with Gasteiger partial charge in [0.25, 0.3) is 0 Å². The van der Waals surface area contributed by atoms with Crippen molar-refractivity contribution in [3.8, 4) is 0 Å². The Kier molecular flexibility index (Phi) is 3.66. The van der Waals surface area contributed by atoms with E-state index in [0.717, 1.165) is 16.3 Å². The van der Waals surface area contributed by atoms with Crippen LogP contribution in [-0.2, 0) is 0 Å². The molecule has 3 aromatic carbocycles. The largest absolute Gasteiger partial charge is 0.384 e. The van der Waals surface area contributed by atoms with E-state index in [9.17, 15) is 5.11 Å². The van der Waals surface area contributed by atoms with Gasteiger partial charge in [-0.3, -0.25) is 0 Å². The lowest BCUT2D eigenvalue weighted by Crippen LogP contribution is -1.99. The lowest BCUT2D eigenvalue weighted by atomic mass is 9.98. The molecule has 0 aliphatic carbocycles.